The molecule has 1 aliphatic carbocycles. The van der Waals surface area contributed by atoms with E-state index in [-0.39, 0.29) is 34.9 Å². The Hall–Kier alpha value is -3.07. The molecule has 0 aliphatic heterocycles. The number of aliphatic imine (C=N–C) groups is 1. The van der Waals surface area contributed by atoms with E-state index in [1.165, 1.54) is 13.2 Å². The Morgan fingerprint density at radius 1 is 1.06 bits per heavy atom. The van der Waals surface area contributed by atoms with Crippen LogP contribution in [0.25, 0.3) is 0 Å². The number of nitrogens with zero attached hydrogens (tertiary/aromatic N) is 1. The molecule has 6 nitrogen and oxygen atoms in total. The van der Waals surface area contributed by atoms with Gasteiger partial charge in [0.25, 0.3) is 5.91 Å². The smallest absolute Gasteiger partial charge is 0.407 e. The minimum absolute atomic E-state index is 0.0360. The van der Waals surface area contributed by atoms with Crippen molar-refractivity contribution in [1.29, 1.82) is 0 Å². The number of amides is 2. The van der Waals surface area contributed by atoms with E-state index in [9.17, 15) is 22.8 Å². The van der Waals surface area contributed by atoms with Gasteiger partial charge in [-0.2, -0.15) is 0 Å². The number of halogens is 4. The van der Waals surface area contributed by atoms with E-state index in [0.29, 0.717) is 31.2 Å². The Labute approximate surface area is 194 Å². The van der Waals surface area contributed by atoms with Crippen molar-refractivity contribution in [3.63, 3.8) is 0 Å². The standard InChI is InChI=1S/C23H23ClF3N3O3/c1-33-23(32)29-18-5-3-17(4-6-18)28-21(10-13-8-15(24)12-16(25)9-13)30-22(31)14-2-7-19(26)20(27)11-14/h2,7-9,11-12,17-18H,3-6,10H2,1H3,(H,29,32)(H,28,30,31). The van der Waals surface area contributed by atoms with E-state index in [4.69, 9.17) is 11.6 Å². The summed E-state index contributed by atoms with van der Waals surface area (Å²) in [4.78, 5) is 28.7. The predicted molar refractivity (Wildman–Crippen MR) is 118 cm³/mol. The van der Waals surface area contributed by atoms with Gasteiger partial charge >= 0.3 is 6.09 Å². The summed E-state index contributed by atoms with van der Waals surface area (Å²) in [6, 6.07) is 6.64. The van der Waals surface area contributed by atoms with Crippen LogP contribution in [0.15, 0.2) is 41.4 Å². The first kappa shape index (κ1) is 24.6. The van der Waals surface area contributed by atoms with Crippen LogP contribution < -0.4 is 10.6 Å². The average molecular weight is 482 g/mol. The molecule has 1 saturated carbocycles. The lowest BCUT2D eigenvalue weighted by Gasteiger charge is -2.27. The molecule has 3 rings (SSSR count). The summed E-state index contributed by atoms with van der Waals surface area (Å²) in [5, 5.41) is 5.59. The fraction of sp³-hybridized carbons (Fsp3) is 0.348. The average Bonchev–Trinajstić information content (AvgIpc) is 2.76. The van der Waals surface area contributed by atoms with Gasteiger partial charge in [0.2, 0.25) is 0 Å². The minimum Gasteiger partial charge on any atom is -0.453 e. The maximum absolute atomic E-state index is 13.8. The zero-order valence-corrected chi connectivity index (χ0v) is 18.6. The van der Waals surface area contributed by atoms with Crippen molar-refractivity contribution in [2.24, 2.45) is 4.99 Å². The van der Waals surface area contributed by atoms with Gasteiger partial charge in [-0.25, -0.2) is 18.0 Å². The van der Waals surface area contributed by atoms with Gasteiger partial charge in [-0.05, 0) is 67.6 Å². The van der Waals surface area contributed by atoms with Gasteiger partial charge in [0.15, 0.2) is 11.6 Å². The van der Waals surface area contributed by atoms with Gasteiger partial charge in [-0.3, -0.25) is 9.79 Å². The Balaban J connectivity index is 1.77. The lowest BCUT2D eigenvalue weighted by molar-refractivity contribution is 0.0975. The van der Waals surface area contributed by atoms with Crippen LogP contribution in [-0.2, 0) is 11.2 Å². The van der Waals surface area contributed by atoms with Gasteiger partial charge in [0.1, 0.15) is 11.7 Å². The molecule has 1 fully saturated rings. The van der Waals surface area contributed by atoms with Crippen molar-refractivity contribution < 1.29 is 27.5 Å². The van der Waals surface area contributed by atoms with E-state index in [1.807, 2.05) is 0 Å². The number of methoxy groups -OCH3 is 1. The summed E-state index contributed by atoms with van der Waals surface area (Å²) in [7, 11) is 1.30. The first-order chi connectivity index (χ1) is 15.7. The lowest BCUT2D eigenvalue weighted by Crippen LogP contribution is -2.39. The maximum Gasteiger partial charge on any atom is 0.407 e. The van der Waals surface area contributed by atoms with Crippen molar-refractivity contribution in [1.82, 2.24) is 10.6 Å². The number of hydrogen-bond acceptors (Lipinski definition) is 4. The number of hydrogen-bond donors (Lipinski definition) is 2. The molecule has 2 aromatic carbocycles. The van der Waals surface area contributed by atoms with Crippen LogP contribution >= 0.6 is 11.6 Å². The second-order valence-corrected chi connectivity index (χ2v) is 8.19. The zero-order chi connectivity index (χ0) is 24.0. The molecular weight excluding hydrogens is 459 g/mol. The normalized spacial score (nSPS) is 18.5. The second-order valence-electron chi connectivity index (χ2n) is 7.75. The summed E-state index contributed by atoms with van der Waals surface area (Å²) in [5.41, 5.74) is 0.412. The SMILES string of the molecule is COC(=O)NC1CCC(N=C(Cc2cc(F)cc(Cl)c2)NC(=O)c2ccc(F)c(F)c2)CC1. The summed E-state index contributed by atoms with van der Waals surface area (Å²) >= 11 is 5.94. The quantitative estimate of drug-likeness (QED) is 0.476. The van der Waals surface area contributed by atoms with Crippen LogP contribution in [0.1, 0.15) is 41.6 Å². The molecule has 2 amide bonds. The van der Waals surface area contributed by atoms with Gasteiger partial charge < -0.3 is 15.4 Å². The van der Waals surface area contributed by atoms with Crippen molar-refractivity contribution >= 4 is 29.4 Å². The monoisotopic (exact) mass is 481 g/mol. The third-order valence-electron chi connectivity index (χ3n) is 5.28. The molecule has 33 heavy (non-hydrogen) atoms. The Morgan fingerprint density at radius 2 is 1.79 bits per heavy atom. The number of benzene rings is 2. The summed E-state index contributed by atoms with van der Waals surface area (Å²) in [5.74, 6) is -3.16. The Bertz CT molecular complexity index is 1040. The maximum atomic E-state index is 13.8. The Kier molecular flexibility index (Phi) is 8.32. The summed E-state index contributed by atoms with van der Waals surface area (Å²) in [6.07, 6.45) is 2.20. The minimum atomic E-state index is -1.14. The van der Waals surface area contributed by atoms with Crippen molar-refractivity contribution in [3.05, 3.63) is 70.0 Å². The fourth-order valence-electron chi connectivity index (χ4n) is 3.66. The molecule has 2 aromatic rings. The first-order valence-electron chi connectivity index (χ1n) is 10.4. The molecule has 1 aliphatic rings. The van der Waals surface area contributed by atoms with Gasteiger partial charge in [0, 0.05) is 23.0 Å². The van der Waals surface area contributed by atoms with Crippen molar-refractivity contribution in [2.75, 3.05) is 7.11 Å². The lowest BCUT2D eigenvalue weighted by atomic mass is 9.91. The van der Waals surface area contributed by atoms with Gasteiger partial charge in [-0.1, -0.05) is 11.6 Å². The molecule has 0 spiro atoms. The van der Waals surface area contributed by atoms with Crippen LogP contribution in [0.5, 0.6) is 0 Å². The Morgan fingerprint density at radius 3 is 2.42 bits per heavy atom. The summed E-state index contributed by atoms with van der Waals surface area (Å²) in [6.45, 7) is 0. The van der Waals surface area contributed by atoms with E-state index in [2.05, 4.69) is 20.4 Å². The molecule has 0 aromatic heterocycles. The number of ether oxygens (including phenoxy) is 1. The van der Waals surface area contributed by atoms with E-state index in [1.54, 1.807) is 6.07 Å². The summed E-state index contributed by atoms with van der Waals surface area (Å²) < 4.78 is 45.2. The topological polar surface area (TPSA) is 79.8 Å². The number of nitrogens with one attached hydrogen (secondary N) is 2. The van der Waals surface area contributed by atoms with E-state index >= 15 is 0 Å². The highest BCUT2D eigenvalue weighted by molar-refractivity contribution is 6.30. The van der Waals surface area contributed by atoms with Crippen LogP contribution in [0.3, 0.4) is 0 Å². The molecule has 176 valence electrons. The number of carbonyl (C=O) groups is 2. The molecule has 10 heteroatoms. The van der Waals surface area contributed by atoms with Gasteiger partial charge in [0.05, 0.1) is 13.2 Å². The van der Waals surface area contributed by atoms with Crippen LogP contribution in [0.2, 0.25) is 5.02 Å². The molecule has 0 heterocycles. The fourth-order valence-corrected chi connectivity index (χ4v) is 3.91. The van der Waals surface area contributed by atoms with Crippen molar-refractivity contribution in [3.8, 4) is 0 Å². The largest absolute Gasteiger partial charge is 0.453 e. The van der Waals surface area contributed by atoms with E-state index < -0.39 is 29.5 Å². The number of rotatable bonds is 5. The molecular formula is C23H23ClF3N3O3. The third-order valence-corrected chi connectivity index (χ3v) is 5.49. The van der Waals surface area contributed by atoms with Crippen LogP contribution in [0.4, 0.5) is 18.0 Å². The highest BCUT2D eigenvalue weighted by atomic mass is 35.5. The number of amidine groups is 1. The van der Waals surface area contributed by atoms with Crippen molar-refractivity contribution in [2.45, 2.75) is 44.2 Å². The number of alkyl carbamates (subject to hydrolysis) is 1. The van der Waals surface area contributed by atoms with Crippen LogP contribution in [0, 0.1) is 17.5 Å². The van der Waals surface area contributed by atoms with Crippen LogP contribution in [-0.4, -0.2) is 37.0 Å². The molecule has 0 atom stereocenters. The predicted octanol–water partition coefficient (Wildman–Crippen LogP) is 4.80. The first-order valence-corrected chi connectivity index (χ1v) is 10.7. The highest BCUT2D eigenvalue weighted by Crippen LogP contribution is 2.22. The highest BCUT2D eigenvalue weighted by Gasteiger charge is 2.23. The molecule has 0 saturated heterocycles. The molecule has 0 bridgehead atoms. The van der Waals surface area contributed by atoms with E-state index in [0.717, 1.165) is 24.3 Å². The molecule has 0 radical (unpaired) electrons. The third kappa shape index (κ3) is 7.21. The second kappa shape index (κ2) is 11.2. The number of carbonyl (C=O) groups excluding carboxylic acids is 2. The molecule has 2 N–H and O–H groups in total. The zero-order valence-electron chi connectivity index (χ0n) is 17.8. The molecule has 0 unspecified atom stereocenters. The van der Waals surface area contributed by atoms with Gasteiger partial charge in [-0.15, -0.1) is 0 Å².